The van der Waals surface area contributed by atoms with E-state index in [4.69, 9.17) is 0 Å². The predicted molar refractivity (Wildman–Crippen MR) is 79.6 cm³/mol. The van der Waals surface area contributed by atoms with Crippen molar-refractivity contribution in [2.24, 2.45) is 5.92 Å². The van der Waals surface area contributed by atoms with Gasteiger partial charge in [-0.25, -0.2) is 0 Å². The maximum absolute atomic E-state index is 10.9. The van der Waals surface area contributed by atoms with Gasteiger partial charge in [-0.05, 0) is 25.3 Å². The fourth-order valence-electron chi connectivity index (χ4n) is 2.12. The maximum Gasteiger partial charge on any atom is 0.274 e. The van der Waals surface area contributed by atoms with Crippen LogP contribution in [0.5, 0.6) is 0 Å². The van der Waals surface area contributed by atoms with Crippen LogP contribution in [0.1, 0.15) is 45.1 Å². The Morgan fingerprint density at radius 1 is 1.37 bits per heavy atom. The van der Waals surface area contributed by atoms with Crippen molar-refractivity contribution < 1.29 is 4.92 Å². The molecule has 0 aliphatic rings. The fourth-order valence-corrected chi connectivity index (χ4v) is 2.12. The molecule has 1 rings (SSSR count). The smallest absolute Gasteiger partial charge is 0.274 e. The zero-order chi connectivity index (χ0) is 14.3. The zero-order valence-electron chi connectivity index (χ0n) is 12.1. The molecule has 1 unspecified atom stereocenters. The zero-order valence-corrected chi connectivity index (χ0v) is 12.1. The van der Waals surface area contributed by atoms with Gasteiger partial charge in [0.25, 0.3) is 5.69 Å². The molecular weight excluding hydrogens is 240 g/mol. The van der Waals surface area contributed by atoms with E-state index in [2.05, 4.69) is 19.2 Å². The van der Waals surface area contributed by atoms with Crippen molar-refractivity contribution in [2.45, 2.75) is 46.5 Å². The van der Waals surface area contributed by atoms with Gasteiger partial charge in [-0.15, -0.1) is 0 Å². The van der Waals surface area contributed by atoms with Gasteiger partial charge in [0.15, 0.2) is 0 Å². The van der Waals surface area contributed by atoms with E-state index in [-0.39, 0.29) is 10.6 Å². The molecule has 0 radical (unpaired) electrons. The van der Waals surface area contributed by atoms with Gasteiger partial charge < -0.3 is 5.32 Å². The van der Waals surface area contributed by atoms with Gasteiger partial charge in [-0.1, -0.05) is 39.2 Å². The highest BCUT2D eigenvalue weighted by molar-refractivity contribution is 5.54. The summed E-state index contributed by atoms with van der Waals surface area (Å²) in [6.07, 6.45) is 4.82. The van der Waals surface area contributed by atoms with Crippen LogP contribution in [-0.2, 0) is 0 Å². The normalized spacial score (nSPS) is 12.2. The van der Waals surface area contributed by atoms with Crippen LogP contribution in [-0.4, -0.2) is 11.5 Å². The second-order valence-electron chi connectivity index (χ2n) is 5.06. The van der Waals surface area contributed by atoms with E-state index in [1.54, 1.807) is 19.1 Å². The number of nitrogens with zero attached hydrogens (tertiary/aromatic N) is 1. The van der Waals surface area contributed by atoms with Gasteiger partial charge in [0.1, 0.15) is 0 Å². The Balaban J connectivity index is 2.61. The van der Waals surface area contributed by atoms with Gasteiger partial charge in [0.2, 0.25) is 0 Å². The van der Waals surface area contributed by atoms with Crippen molar-refractivity contribution in [1.82, 2.24) is 0 Å². The summed E-state index contributed by atoms with van der Waals surface area (Å²) in [7, 11) is 0. The third-order valence-electron chi connectivity index (χ3n) is 3.54. The second kappa shape index (κ2) is 7.77. The van der Waals surface area contributed by atoms with Gasteiger partial charge in [0, 0.05) is 23.9 Å². The van der Waals surface area contributed by atoms with Crippen LogP contribution in [0, 0.1) is 23.0 Å². The number of hydrogen-bond acceptors (Lipinski definition) is 3. The summed E-state index contributed by atoms with van der Waals surface area (Å²) < 4.78 is 0. The van der Waals surface area contributed by atoms with Gasteiger partial charge in [-0.2, -0.15) is 0 Å². The average molecular weight is 264 g/mol. The van der Waals surface area contributed by atoms with Crippen molar-refractivity contribution in [3.05, 3.63) is 33.9 Å². The monoisotopic (exact) mass is 264 g/mol. The van der Waals surface area contributed by atoms with Crippen molar-refractivity contribution in [3.63, 3.8) is 0 Å². The van der Waals surface area contributed by atoms with Crippen LogP contribution in [0.2, 0.25) is 0 Å². The number of nitro groups is 1. The molecule has 1 aromatic carbocycles. The highest BCUT2D eigenvalue weighted by Gasteiger charge is 2.11. The number of rotatable bonds is 8. The Morgan fingerprint density at radius 2 is 2.11 bits per heavy atom. The van der Waals surface area contributed by atoms with E-state index in [1.807, 2.05) is 6.07 Å². The van der Waals surface area contributed by atoms with Crippen molar-refractivity contribution in [1.29, 1.82) is 0 Å². The van der Waals surface area contributed by atoms with E-state index in [0.29, 0.717) is 11.5 Å². The molecule has 0 bridgehead atoms. The van der Waals surface area contributed by atoms with Crippen LogP contribution in [0.3, 0.4) is 0 Å². The summed E-state index contributed by atoms with van der Waals surface area (Å²) in [5, 5.41) is 14.2. The van der Waals surface area contributed by atoms with E-state index in [0.717, 1.165) is 18.7 Å². The van der Waals surface area contributed by atoms with E-state index >= 15 is 0 Å². The lowest BCUT2D eigenvalue weighted by Gasteiger charge is -2.16. The molecule has 0 aromatic heterocycles. The molecule has 19 heavy (non-hydrogen) atoms. The van der Waals surface area contributed by atoms with Crippen LogP contribution in [0.15, 0.2) is 18.2 Å². The maximum atomic E-state index is 10.9. The molecule has 1 N–H and O–H groups in total. The largest absolute Gasteiger partial charge is 0.385 e. The quantitative estimate of drug-likeness (QED) is 0.554. The van der Waals surface area contributed by atoms with Gasteiger partial charge >= 0.3 is 0 Å². The summed E-state index contributed by atoms with van der Waals surface area (Å²) in [5.41, 5.74) is 1.73. The standard InChI is InChI=1S/C15H24N2O2/c1-4-6-7-13(5-2)11-16-14-9-8-12(3)15(10-14)17(18)19/h8-10,13,16H,4-7,11H2,1-3H3. The Bertz CT molecular complexity index is 419. The van der Waals surface area contributed by atoms with Crippen molar-refractivity contribution in [2.75, 3.05) is 11.9 Å². The molecule has 0 aliphatic carbocycles. The first-order chi connectivity index (χ1) is 9.08. The molecule has 0 saturated carbocycles. The van der Waals surface area contributed by atoms with Crippen LogP contribution >= 0.6 is 0 Å². The van der Waals surface area contributed by atoms with Crippen molar-refractivity contribution >= 4 is 11.4 Å². The number of unbranched alkanes of at least 4 members (excludes halogenated alkanes) is 1. The number of anilines is 1. The first kappa shape index (κ1) is 15.5. The fraction of sp³-hybridized carbons (Fsp3) is 0.600. The Kier molecular flexibility index (Phi) is 6.33. The molecule has 1 atom stereocenters. The molecule has 4 nitrogen and oxygen atoms in total. The number of nitrogens with one attached hydrogen (secondary N) is 1. The van der Waals surface area contributed by atoms with E-state index in [9.17, 15) is 10.1 Å². The summed E-state index contributed by atoms with van der Waals surface area (Å²) in [5.74, 6) is 0.639. The lowest BCUT2D eigenvalue weighted by atomic mass is 9.99. The topological polar surface area (TPSA) is 55.2 Å². The van der Waals surface area contributed by atoms with Crippen LogP contribution in [0.4, 0.5) is 11.4 Å². The Morgan fingerprint density at radius 3 is 2.68 bits per heavy atom. The highest BCUT2D eigenvalue weighted by Crippen LogP contribution is 2.23. The summed E-state index contributed by atoms with van der Waals surface area (Å²) >= 11 is 0. The third-order valence-corrected chi connectivity index (χ3v) is 3.54. The summed E-state index contributed by atoms with van der Waals surface area (Å²) in [6, 6.07) is 5.34. The average Bonchev–Trinajstić information content (AvgIpc) is 2.40. The Hall–Kier alpha value is -1.58. The van der Waals surface area contributed by atoms with Gasteiger partial charge in [-0.3, -0.25) is 10.1 Å². The summed E-state index contributed by atoms with van der Waals surface area (Å²) in [6.45, 7) is 7.04. The Labute approximate surface area is 115 Å². The molecule has 0 amide bonds. The molecular formula is C15H24N2O2. The van der Waals surface area contributed by atoms with E-state index < -0.39 is 0 Å². The van der Waals surface area contributed by atoms with E-state index in [1.165, 1.54) is 19.3 Å². The summed E-state index contributed by atoms with van der Waals surface area (Å²) in [4.78, 5) is 10.6. The predicted octanol–water partition coefficient (Wildman–Crippen LogP) is 4.53. The molecule has 1 aromatic rings. The first-order valence-electron chi connectivity index (χ1n) is 7.07. The molecule has 0 saturated heterocycles. The molecule has 0 spiro atoms. The minimum atomic E-state index is -0.325. The molecule has 4 heteroatoms. The lowest BCUT2D eigenvalue weighted by Crippen LogP contribution is -2.13. The SMILES string of the molecule is CCCCC(CC)CNc1ccc(C)c([N+](=O)[O-])c1. The van der Waals surface area contributed by atoms with Crippen LogP contribution in [0.25, 0.3) is 0 Å². The van der Waals surface area contributed by atoms with Crippen LogP contribution < -0.4 is 5.32 Å². The minimum Gasteiger partial charge on any atom is -0.385 e. The highest BCUT2D eigenvalue weighted by atomic mass is 16.6. The molecule has 0 heterocycles. The number of hydrogen-bond donors (Lipinski definition) is 1. The number of aryl methyl sites for hydroxylation is 1. The molecule has 0 aliphatic heterocycles. The molecule has 0 fully saturated rings. The first-order valence-corrected chi connectivity index (χ1v) is 7.07. The van der Waals surface area contributed by atoms with Gasteiger partial charge in [0.05, 0.1) is 4.92 Å². The number of nitro benzene ring substituents is 1. The minimum absolute atomic E-state index is 0.187. The third kappa shape index (κ3) is 4.89. The van der Waals surface area contributed by atoms with Crippen molar-refractivity contribution in [3.8, 4) is 0 Å². The molecule has 106 valence electrons. The second-order valence-corrected chi connectivity index (χ2v) is 5.06. The lowest BCUT2D eigenvalue weighted by molar-refractivity contribution is -0.385. The number of benzene rings is 1.